The van der Waals surface area contributed by atoms with E-state index in [9.17, 15) is 54.7 Å². The molecule has 0 saturated carbocycles. The molecule has 48 heavy (non-hydrogen) atoms. The van der Waals surface area contributed by atoms with Crippen molar-refractivity contribution in [1.82, 2.24) is 0 Å². The first-order chi connectivity index (χ1) is 21.7. The molecule has 0 aromatic carbocycles. The fourth-order valence-electron chi connectivity index (χ4n) is 2.86. The highest BCUT2D eigenvalue weighted by Crippen LogP contribution is 2.43. The van der Waals surface area contributed by atoms with E-state index in [-0.39, 0.29) is 13.0 Å². The Labute approximate surface area is 276 Å². The van der Waals surface area contributed by atoms with E-state index in [1.165, 1.54) is 20.8 Å². The lowest BCUT2D eigenvalue weighted by atomic mass is 10.2. The van der Waals surface area contributed by atoms with E-state index in [1.807, 2.05) is 0 Å². The monoisotopic (exact) mass is 760 g/mol. The third kappa shape index (κ3) is 11.3. The van der Waals surface area contributed by atoms with Crippen LogP contribution in [0, 0.1) is 0 Å². The quantitative estimate of drug-likeness (QED) is 0.120. The molecule has 0 bridgehead atoms. The molecule has 5 aliphatic rings. The SMILES string of the molecule is CC1(Cl)OC(=O)OC1(C)Cl.CC1(F)COC(=O)O1.CCC1(F)OC(=O)OC1(F)F.CCC1(F)OC(=O)OC1F.CCC1OC(=O)OC1F. The van der Waals surface area contributed by atoms with Gasteiger partial charge >= 0.3 is 55.0 Å². The maximum Gasteiger partial charge on any atom is 0.516 e. The molecule has 24 heteroatoms. The first kappa shape index (κ1) is 42.5. The summed E-state index contributed by atoms with van der Waals surface area (Å²) in [7, 11) is 0. The predicted octanol–water partition coefficient (Wildman–Crippen LogP) is 7.48. The van der Waals surface area contributed by atoms with E-state index in [1.54, 1.807) is 6.92 Å². The highest BCUT2D eigenvalue weighted by Gasteiger charge is 2.67. The van der Waals surface area contributed by atoms with Crippen LogP contribution < -0.4 is 0 Å². The van der Waals surface area contributed by atoms with Gasteiger partial charge in [-0.2, -0.15) is 30.7 Å². The molecule has 5 saturated heterocycles. The van der Waals surface area contributed by atoms with Gasteiger partial charge in [0.05, 0.1) is 0 Å². The van der Waals surface area contributed by atoms with Gasteiger partial charge in [0.25, 0.3) is 12.2 Å². The van der Waals surface area contributed by atoms with Crippen molar-refractivity contribution < 1.29 is 102 Å². The van der Waals surface area contributed by atoms with Crippen molar-refractivity contribution in [3.63, 3.8) is 0 Å². The van der Waals surface area contributed by atoms with Crippen molar-refractivity contribution in [3.8, 4) is 0 Å². The molecule has 5 heterocycles. The molecule has 0 aromatic rings. The fraction of sp³-hybridized carbons (Fsp3) is 0.792. The number of rotatable bonds is 3. The van der Waals surface area contributed by atoms with Gasteiger partial charge in [-0.1, -0.05) is 44.0 Å². The average molecular weight is 761 g/mol. The van der Waals surface area contributed by atoms with E-state index in [2.05, 4.69) is 47.4 Å². The van der Waals surface area contributed by atoms with Crippen LogP contribution in [0.2, 0.25) is 0 Å². The maximum absolute atomic E-state index is 12.8. The number of cyclic esters (lactones) is 10. The molecule has 0 aromatic heterocycles. The highest BCUT2D eigenvalue weighted by molar-refractivity contribution is 6.34. The summed E-state index contributed by atoms with van der Waals surface area (Å²) in [5.74, 6) is -7.78. The molecule has 0 amide bonds. The van der Waals surface area contributed by atoms with Crippen LogP contribution >= 0.6 is 23.2 Å². The summed E-state index contributed by atoms with van der Waals surface area (Å²) < 4.78 is 127. The van der Waals surface area contributed by atoms with Crippen molar-refractivity contribution in [1.29, 1.82) is 0 Å². The van der Waals surface area contributed by atoms with Crippen LogP contribution in [-0.2, 0) is 47.4 Å². The second-order valence-electron chi connectivity index (χ2n) is 9.79. The minimum Gasteiger partial charge on any atom is -0.427 e. The molecule has 5 rings (SSSR count). The maximum atomic E-state index is 12.8. The Hall–Kier alpha value is -3.56. The Kier molecular flexibility index (Phi) is 13.9. The van der Waals surface area contributed by atoms with Gasteiger partial charge in [0.2, 0.25) is 10.1 Å². The van der Waals surface area contributed by atoms with Crippen LogP contribution in [0.25, 0.3) is 0 Å². The molecule has 8 atom stereocenters. The van der Waals surface area contributed by atoms with Gasteiger partial charge in [0.1, 0.15) is 0 Å². The summed E-state index contributed by atoms with van der Waals surface area (Å²) in [6.45, 7) is 7.96. The van der Waals surface area contributed by atoms with E-state index in [0.29, 0.717) is 6.42 Å². The first-order valence-corrected chi connectivity index (χ1v) is 14.0. The van der Waals surface area contributed by atoms with Gasteiger partial charge in [-0.25, -0.2) is 24.0 Å². The van der Waals surface area contributed by atoms with Crippen LogP contribution in [0.3, 0.4) is 0 Å². The third-order valence-electron chi connectivity index (χ3n) is 5.86. The van der Waals surface area contributed by atoms with E-state index >= 15 is 0 Å². The Bertz CT molecular complexity index is 1170. The minimum absolute atomic E-state index is 0.250. The molecule has 0 aliphatic carbocycles. The van der Waals surface area contributed by atoms with Gasteiger partial charge in [0.15, 0.2) is 12.7 Å². The second-order valence-corrected chi connectivity index (χ2v) is 11.2. The zero-order valence-corrected chi connectivity index (χ0v) is 27.1. The van der Waals surface area contributed by atoms with Gasteiger partial charge in [-0.3, -0.25) is 0 Å². The largest absolute Gasteiger partial charge is 0.516 e. The number of carbonyl (C=O) groups excluding carboxylic acids is 5. The Morgan fingerprint density at radius 1 is 0.646 bits per heavy atom. The summed E-state index contributed by atoms with van der Waals surface area (Å²) in [6.07, 6.45) is -14.8. The average Bonchev–Trinajstić information content (AvgIpc) is 3.63. The molecule has 0 N–H and O–H groups in total. The number of alkyl halides is 9. The molecular weight excluding hydrogens is 732 g/mol. The van der Waals surface area contributed by atoms with Gasteiger partial charge < -0.3 is 47.4 Å². The van der Waals surface area contributed by atoms with E-state index < -0.39 is 89.8 Å². The van der Waals surface area contributed by atoms with Crippen LogP contribution in [-0.4, -0.2) is 90.0 Å². The summed E-state index contributed by atoms with van der Waals surface area (Å²) in [5, 5.41) is -2.54. The van der Waals surface area contributed by atoms with E-state index in [4.69, 9.17) is 23.2 Å². The summed E-state index contributed by atoms with van der Waals surface area (Å²) >= 11 is 11.3. The normalized spacial score (nSPS) is 38.2. The third-order valence-corrected chi connectivity index (χ3v) is 6.83. The molecule has 0 spiro atoms. The van der Waals surface area contributed by atoms with Crippen molar-refractivity contribution in [2.45, 2.75) is 113 Å². The molecule has 5 aliphatic heterocycles. The number of hydrogen-bond acceptors (Lipinski definition) is 15. The lowest BCUT2D eigenvalue weighted by molar-refractivity contribution is -0.288. The standard InChI is InChI=1S/C5H6Cl2O3.C5H5F3O3.C5H6F2O3.C5H7FO3.C4H5FO3/c1-4(6)5(2,7)10-3(8)9-4;1-2-4(6)5(7,8)11-3(9)10-4;1-2-5(7)3(6)9-4(8)10-5;1-2-3-4(6)9-5(7)8-3;1-4(5)2-7-3(6)8-4/h1-2H3;2H2,1H3;3H,2H2,1H3;3-4H,2H2,1H3;2H2,1H3. The molecular formula is C24H29Cl2F7O15. The molecule has 15 nitrogen and oxygen atoms in total. The Balaban J connectivity index is 0.000000301. The minimum atomic E-state index is -4.17. The van der Waals surface area contributed by atoms with Crippen LogP contribution in [0.15, 0.2) is 0 Å². The summed E-state index contributed by atoms with van der Waals surface area (Å²) in [4.78, 5) is 50.7. The van der Waals surface area contributed by atoms with Crippen molar-refractivity contribution in [3.05, 3.63) is 0 Å². The van der Waals surface area contributed by atoms with E-state index in [0.717, 1.165) is 13.8 Å². The van der Waals surface area contributed by atoms with Crippen molar-refractivity contribution in [2.24, 2.45) is 0 Å². The molecule has 8 unspecified atom stereocenters. The number of hydrogen-bond donors (Lipinski definition) is 0. The first-order valence-electron chi connectivity index (χ1n) is 13.3. The van der Waals surface area contributed by atoms with Crippen molar-refractivity contribution >= 4 is 54.0 Å². The smallest absolute Gasteiger partial charge is 0.427 e. The fourth-order valence-corrected chi connectivity index (χ4v) is 3.07. The topological polar surface area (TPSA) is 178 Å². The molecule has 5 fully saturated rings. The lowest BCUT2D eigenvalue weighted by Crippen LogP contribution is -2.40. The van der Waals surface area contributed by atoms with Gasteiger partial charge in [-0.15, -0.1) is 0 Å². The predicted molar refractivity (Wildman–Crippen MR) is 138 cm³/mol. The Morgan fingerprint density at radius 2 is 1.17 bits per heavy atom. The molecule has 278 valence electrons. The van der Waals surface area contributed by atoms with Gasteiger partial charge in [-0.05, 0) is 20.3 Å². The highest BCUT2D eigenvalue weighted by atomic mass is 35.5. The second kappa shape index (κ2) is 15.8. The van der Waals surface area contributed by atoms with Crippen LogP contribution in [0.4, 0.5) is 54.7 Å². The van der Waals surface area contributed by atoms with Crippen LogP contribution in [0.1, 0.15) is 60.8 Å². The van der Waals surface area contributed by atoms with Gasteiger partial charge in [0, 0.05) is 19.8 Å². The number of halogens is 9. The zero-order chi connectivity index (χ0) is 37.5. The summed E-state index contributed by atoms with van der Waals surface area (Å²) in [6, 6.07) is 0. The van der Waals surface area contributed by atoms with Crippen LogP contribution in [0.5, 0.6) is 0 Å². The number of ether oxygens (including phenoxy) is 10. The Morgan fingerprint density at radius 3 is 1.33 bits per heavy atom. The molecule has 0 radical (unpaired) electrons. The lowest BCUT2D eigenvalue weighted by Gasteiger charge is -2.22. The number of carbonyl (C=O) groups is 5. The zero-order valence-electron chi connectivity index (χ0n) is 25.6. The van der Waals surface area contributed by atoms with Crippen molar-refractivity contribution in [2.75, 3.05) is 6.61 Å². The summed E-state index contributed by atoms with van der Waals surface area (Å²) in [5.41, 5.74) is 0.